The molecule has 1 amide bonds. The zero-order valence-electron chi connectivity index (χ0n) is 26.1. The minimum Gasteiger partial charge on any atom is -0.446 e. The second-order valence-corrected chi connectivity index (χ2v) is 12.0. The number of amides is 1. The molecule has 1 fully saturated rings. The van der Waals surface area contributed by atoms with Crippen LogP contribution in [0.3, 0.4) is 0 Å². The van der Waals surface area contributed by atoms with Gasteiger partial charge in [-0.1, -0.05) is 80.6 Å². The fourth-order valence-electron chi connectivity index (χ4n) is 5.69. The van der Waals surface area contributed by atoms with E-state index in [2.05, 4.69) is 10.2 Å². The summed E-state index contributed by atoms with van der Waals surface area (Å²) in [5.74, 6) is 0. The quantitative estimate of drug-likeness (QED) is 0.131. The summed E-state index contributed by atoms with van der Waals surface area (Å²) in [6.07, 6.45) is 3.44. The predicted octanol–water partition coefficient (Wildman–Crippen LogP) is 3.46. The first-order chi connectivity index (χ1) is 21.3. The maximum absolute atomic E-state index is 12.6. The summed E-state index contributed by atoms with van der Waals surface area (Å²) in [5, 5.41) is 51.0. The average molecular weight is 616 g/mol. The third-order valence-corrected chi connectivity index (χ3v) is 8.40. The Morgan fingerprint density at radius 1 is 0.864 bits per heavy atom. The molecular weight excluding hydrogens is 562 g/mol. The number of carbonyl (C=O) groups is 1. The van der Waals surface area contributed by atoms with Crippen LogP contribution >= 0.6 is 0 Å². The highest BCUT2D eigenvalue weighted by Gasteiger charge is 2.30. The van der Waals surface area contributed by atoms with Gasteiger partial charge >= 0.3 is 6.09 Å². The number of nitrogens with one attached hydrogen (secondary N) is 1. The van der Waals surface area contributed by atoms with Gasteiger partial charge in [-0.3, -0.25) is 5.32 Å². The smallest absolute Gasteiger partial charge is 0.411 e. The molecule has 1 heterocycles. The number of ether oxygens (including phenoxy) is 1. The van der Waals surface area contributed by atoms with E-state index in [-0.39, 0.29) is 12.6 Å². The van der Waals surface area contributed by atoms with Crippen molar-refractivity contribution in [3.8, 4) is 11.1 Å². The molecule has 3 rings (SSSR count). The highest BCUT2D eigenvalue weighted by molar-refractivity contribution is 5.91. The van der Waals surface area contributed by atoms with Crippen LogP contribution in [-0.2, 0) is 4.74 Å². The number of likely N-dealkylation sites (N-methyl/N-ethyl adjacent to an activating group) is 1. The molecule has 10 nitrogen and oxygen atoms in total. The van der Waals surface area contributed by atoms with E-state index < -0.39 is 37.1 Å². The summed E-state index contributed by atoms with van der Waals surface area (Å²) in [7, 11) is 1.85. The largest absolute Gasteiger partial charge is 0.446 e. The van der Waals surface area contributed by atoms with Crippen LogP contribution in [0.25, 0.3) is 11.1 Å². The Morgan fingerprint density at radius 2 is 1.45 bits per heavy atom. The first-order valence-corrected chi connectivity index (χ1v) is 16.1. The maximum Gasteiger partial charge on any atom is 0.411 e. The number of hydrogen-bond donors (Lipinski definition) is 6. The van der Waals surface area contributed by atoms with Gasteiger partial charge in [0, 0.05) is 25.2 Å². The molecule has 0 spiro atoms. The van der Waals surface area contributed by atoms with Crippen LogP contribution < -0.4 is 5.32 Å². The Kier molecular flexibility index (Phi) is 16.1. The fraction of sp³-hybridized carbons (Fsp3) is 0.618. The summed E-state index contributed by atoms with van der Waals surface area (Å²) >= 11 is 0. The second kappa shape index (κ2) is 19.7. The standard InChI is InChI=1S/C34H53N3O7/c1-36(24-30(39)32(41)33(42)31(40)25-38)20-12-5-3-2-4-6-13-21-37-22-18-27(19-23-37)44-34(43)35-29-17-11-10-16-28(29)26-14-8-7-9-15-26/h7-11,14-17,27,30-33,38-42H,2-6,12-13,18-25H2,1H3,(H,35,43)/t30-,31-,32+,33+/m0/s1. The zero-order chi connectivity index (χ0) is 31.7. The van der Waals surface area contributed by atoms with Crippen molar-refractivity contribution in [2.45, 2.75) is 88.3 Å². The monoisotopic (exact) mass is 615 g/mol. The van der Waals surface area contributed by atoms with Crippen LogP contribution in [0.15, 0.2) is 54.6 Å². The van der Waals surface area contributed by atoms with Crippen molar-refractivity contribution in [2.24, 2.45) is 0 Å². The second-order valence-electron chi connectivity index (χ2n) is 12.0. The molecule has 246 valence electrons. The molecule has 0 aliphatic carbocycles. The van der Waals surface area contributed by atoms with Gasteiger partial charge in [0.1, 0.15) is 24.4 Å². The SMILES string of the molecule is CN(CCCCCCCCCN1CCC(OC(=O)Nc2ccccc2-c2ccccc2)CC1)C[C@H](O)[C@@H](O)[C@H](O)[C@@H](O)CO. The first-order valence-electron chi connectivity index (χ1n) is 16.1. The molecule has 1 aliphatic rings. The van der Waals surface area contributed by atoms with Crippen LogP contribution in [-0.4, -0.2) is 118 Å². The minimum absolute atomic E-state index is 0.0618. The van der Waals surface area contributed by atoms with E-state index in [1.807, 2.05) is 66.5 Å². The number of nitrogens with zero attached hydrogens (tertiary/aromatic N) is 2. The highest BCUT2D eigenvalue weighted by atomic mass is 16.6. The molecule has 44 heavy (non-hydrogen) atoms. The van der Waals surface area contributed by atoms with Crippen molar-refractivity contribution in [3.63, 3.8) is 0 Å². The van der Waals surface area contributed by atoms with Gasteiger partial charge in [-0.2, -0.15) is 0 Å². The first kappa shape index (κ1) is 35.9. The molecule has 0 saturated carbocycles. The predicted molar refractivity (Wildman–Crippen MR) is 172 cm³/mol. The lowest BCUT2D eigenvalue weighted by atomic mass is 10.0. The van der Waals surface area contributed by atoms with E-state index in [1.54, 1.807) is 0 Å². The van der Waals surface area contributed by atoms with Crippen LogP contribution in [0.2, 0.25) is 0 Å². The number of aliphatic hydroxyl groups is 5. The molecule has 0 bridgehead atoms. The van der Waals surface area contributed by atoms with Crippen molar-refractivity contribution in [2.75, 3.05) is 51.7 Å². The molecule has 0 aromatic heterocycles. The van der Waals surface area contributed by atoms with E-state index in [9.17, 15) is 25.2 Å². The van der Waals surface area contributed by atoms with E-state index in [4.69, 9.17) is 9.84 Å². The van der Waals surface area contributed by atoms with Gasteiger partial charge in [0.25, 0.3) is 0 Å². The Morgan fingerprint density at radius 3 is 2.14 bits per heavy atom. The van der Waals surface area contributed by atoms with Crippen molar-refractivity contribution < 1.29 is 35.1 Å². The molecule has 10 heteroatoms. The van der Waals surface area contributed by atoms with Gasteiger partial charge in [-0.15, -0.1) is 0 Å². The van der Waals surface area contributed by atoms with Crippen LogP contribution in [0.5, 0.6) is 0 Å². The highest BCUT2D eigenvalue weighted by Crippen LogP contribution is 2.28. The molecule has 1 saturated heterocycles. The van der Waals surface area contributed by atoms with E-state index in [0.717, 1.165) is 75.1 Å². The van der Waals surface area contributed by atoms with Gasteiger partial charge in [0.15, 0.2) is 0 Å². The summed E-state index contributed by atoms with van der Waals surface area (Å²) in [6, 6.07) is 17.8. The molecule has 4 atom stereocenters. The maximum atomic E-state index is 12.6. The number of rotatable bonds is 19. The van der Waals surface area contributed by atoms with Gasteiger partial charge in [-0.25, -0.2) is 4.79 Å². The molecule has 0 radical (unpaired) electrons. The van der Waals surface area contributed by atoms with Crippen molar-refractivity contribution in [1.82, 2.24) is 9.80 Å². The number of anilines is 1. The number of likely N-dealkylation sites (tertiary alicyclic amines) is 1. The number of para-hydroxylation sites is 1. The topological polar surface area (TPSA) is 146 Å². The summed E-state index contributed by atoms with van der Waals surface area (Å²) in [6.45, 7) is 3.23. The van der Waals surface area contributed by atoms with Gasteiger partial charge < -0.3 is 40.1 Å². The Balaban J connectivity index is 1.19. The molecule has 1 aliphatic heterocycles. The Bertz CT molecular complexity index is 1070. The molecule has 6 N–H and O–H groups in total. The molecular formula is C34H53N3O7. The van der Waals surface area contributed by atoms with E-state index in [1.165, 1.54) is 25.7 Å². The zero-order valence-corrected chi connectivity index (χ0v) is 26.1. The molecule has 2 aromatic carbocycles. The summed E-state index contributed by atoms with van der Waals surface area (Å²) < 4.78 is 5.76. The van der Waals surface area contributed by atoms with Gasteiger partial charge in [-0.05, 0) is 57.5 Å². The van der Waals surface area contributed by atoms with Crippen molar-refractivity contribution in [3.05, 3.63) is 54.6 Å². The lowest BCUT2D eigenvalue weighted by Gasteiger charge is -2.31. The Labute approximate surface area is 262 Å². The third kappa shape index (κ3) is 12.4. The molecule has 0 unspecified atom stereocenters. The average Bonchev–Trinajstić information content (AvgIpc) is 3.04. The van der Waals surface area contributed by atoms with Crippen LogP contribution in [0.1, 0.15) is 57.8 Å². The van der Waals surface area contributed by atoms with Crippen LogP contribution in [0, 0.1) is 0 Å². The van der Waals surface area contributed by atoms with Crippen molar-refractivity contribution >= 4 is 11.8 Å². The van der Waals surface area contributed by atoms with Gasteiger partial charge in [0.2, 0.25) is 0 Å². The summed E-state index contributed by atoms with van der Waals surface area (Å²) in [5.41, 5.74) is 2.77. The third-order valence-electron chi connectivity index (χ3n) is 8.40. The van der Waals surface area contributed by atoms with Crippen LogP contribution in [0.4, 0.5) is 10.5 Å². The normalized spacial score (nSPS) is 17.2. The number of benzene rings is 2. The lowest BCUT2D eigenvalue weighted by molar-refractivity contribution is -0.118. The van der Waals surface area contributed by atoms with Crippen molar-refractivity contribution in [1.29, 1.82) is 0 Å². The minimum atomic E-state index is -1.59. The number of piperidine rings is 1. The number of unbranched alkanes of at least 4 members (excludes halogenated alkanes) is 6. The van der Waals surface area contributed by atoms with Gasteiger partial charge in [0.05, 0.1) is 18.4 Å². The molecule has 2 aromatic rings. The number of aliphatic hydroxyl groups excluding tert-OH is 5. The van der Waals surface area contributed by atoms with E-state index in [0.29, 0.717) is 0 Å². The number of hydrogen-bond acceptors (Lipinski definition) is 9. The van der Waals surface area contributed by atoms with E-state index >= 15 is 0 Å². The summed E-state index contributed by atoms with van der Waals surface area (Å²) in [4.78, 5) is 17.0. The Hall–Kier alpha value is -2.57. The number of carbonyl (C=O) groups excluding carboxylic acids is 1. The fourth-order valence-corrected chi connectivity index (χ4v) is 5.69. The lowest BCUT2D eigenvalue weighted by Crippen LogP contribution is -2.49.